The van der Waals surface area contributed by atoms with E-state index in [2.05, 4.69) is 13.8 Å². The van der Waals surface area contributed by atoms with E-state index in [1.54, 1.807) is 0 Å². The SMILES string of the molecule is CCCCCCCCCCCCCCCCCC(=O)OC1=C(O)C(=O)O[C@@H]1[C@H](CO)OC(=O)CCCCCCCCCCCCCCCCC. The molecular formula is C42H76O8. The van der Waals surface area contributed by atoms with Crippen LogP contribution in [0.4, 0.5) is 0 Å². The fourth-order valence-electron chi connectivity index (χ4n) is 6.69. The second-order valence-electron chi connectivity index (χ2n) is 14.6. The molecule has 0 bridgehead atoms. The van der Waals surface area contributed by atoms with Gasteiger partial charge in [0.15, 0.2) is 6.10 Å². The predicted octanol–water partition coefficient (Wildman–Crippen LogP) is 11.7. The molecule has 50 heavy (non-hydrogen) atoms. The summed E-state index contributed by atoms with van der Waals surface area (Å²) in [5.74, 6) is -3.40. The summed E-state index contributed by atoms with van der Waals surface area (Å²) >= 11 is 0. The summed E-state index contributed by atoms with van der Waals surface area (Å²) in [5, 5.41) is 20.1. The first kappa shape index (κ1) is 45.9. The van der Waals surface area contributed by atoms with Gasteiger partial charge in [-0.2, -0.15) is 0 Å². The molecule has 1 aliphatic rings. The number of ether oxygens (including phenoxy) is 3. The summed E-state index contributed by atoms with van der Waals surface area (Å²) in [4.78, 5) is 37.1. The summed E-state index contributed by atoms with van der Waals surface area (Å²) in [7, 11) is 0. The Kier molecular flexibility index (Phi) is 30.1. The van der Waals surface area contributed by atoms with Crippen LogP contribution in [0.5, 0.6) is 0 Å². The molecule has 1 heterocycles. The second kappa shape index (κ2) is 32.8. The largest absolute Gasteiger partial charge is 0.499 e. The third kappa shape index (κ3) is 24.2. The Bertz CT molecular complexity index is 885. The molecule has 292 valence electrons. The van der Waals surface area contributed by atoms with E-state index in [-0.39, 0.29) is 18.6 Å². The molecule has 0 fully saturated rings. The number of carbonyl (C=O) groups is 3. The van der Waals surface area contributed by atoms with Gasteiger partial charge < -0.3 is 24.4 Å². The highest BCUT2D eigenvalue weighted by molar-refractivity contribution is 5.90. The third-order valence-electron chi connectivity index (χ3n) is 9.91. The summed E-state index contributed by atoms with van der Waals surface area (Å²) < 4.78 is 15.8. The first-order valence-electron chi connectivity index (χ1n) is 21.1. The molecule has 0 saturated heterocycles. The third-order valence-corrected chi connectivity index (χ3v) is 9.91. The van der Waals surface area contributed by atoms with Crippen LogP contribution >= 0.6 is 0 Å². The molecule has 2 atom stereocenters. The van der Waals surface area contributed by atoms with Crippen molar-refractivity contribution in [3.8, 4) is 0 Å². The quantitative estimate of drug-likeness (QED) is 0.0375. The van der Waals surface area contributed by atoms with E-state index in [4.69, 9.17) is 14.2 Å². The number of aliphatic hydroxyl groups is 2. The molecule has 1 rings (SSSR count). The maximum atomic E-state index is 12.5. The van der Waals surface area contributed by atoms with Crippen molar-refractivity contribution in [2.45, 2.75) is 232 Å². The number of unbranched alkanes of at least 4 members (excludes halogenated alkanes) is 28. The molecular weight excluding hydrogens is 632 g/mol. The zero-order valence-corrected chi connectivity index (χ0v) is 32.3. The lowest BCUT2D eigenvalue weighted by molar-refractivity contribution is -0.166. The van der Waals surface area contributed by atoms with Crippen LogP contribution in [-0.4, -0.2) is 46.9 Å². The van der Waals surface area contributed by atoms with Crippen LogP contribution in [-0.2, 0) is 28.6 Å². The topological polar surface area (TPSA) is 119 Å². The lowest BCUT2D eigenvalue weighted by Crippen LogP contribution is -2.37. The van der Waals surface area contributed by atoms with Crippen molar-refractivity contribution >= 4 is 17.9 Å². The molecule has 8 heteroatoms. The number of cyclic esters (lactones) is 1. The Morgan fingerprint density at radius 1 is 0.560 bits per heavy atom. The average Bonchev–Trinajstić information content (AvgIpc) is 3.38. The molecule has 8 nitrogen and oxygen atoms in total. The zero-order valence-electron chi connectivity index (χ0n) is 32.3. The molecule has 0 unspecified atom stereocenters. The van der Waals surface area contributed by atoms with E-state index in [1.807, 2.05) is 0 Å². The molecule has 0 spiro atoms. The number of hydrogen-bond donors (Lipinski definition) is 2. The average molecular weight is 709 g/mol. The van der Waals surface area contributed by atoms with E-state index in [0.717, 1.165) is 38.5 Å². The van der Waals surface area contributed by atoms with Gasteiger partial charge in [-0.15, -0.1) is 0 Å². The lowest BCUT2D eigenvalue weighted by Gasteiger charge is -2.22. The minimum atomic E-state index is -1.36. The molecule has 0 amide bonds. The van der Waals surface area contributed by atoms with E-state index in [9.17, 15) is 24.6 Å². The fraction of sp³-hybridized carbons (Fsp3) is 0.881. The van der Waals surface area contributed by atoms with Gasteiger partial charge >= 0.3 is 17.9 Å². The van der Waals surface area contributed by atoms with Crippen molar-refractivity contribution in [1.82, 2.24) is 0 Å². The van der Waals surface area contributed by atoms with Crippen LogP contribution in [0.3, 0.4) is 0 Å². The normalized spacial score (nSPS) is 15.0. The lowest BCUT2D eigenvalue weighted by atomic mass is 10.0. The first-order chi connectivity index (χ1) is 24.4. The predicted molar refractivity (Wildman–Crippen MR) is 202 cm³/mol. The standard InChI is InChI=1S/C42H76O8/c1-3-5-7-9-11-13-15-17-19-21-23-25-27-29-31-33-37(44)48-36(35-43)40-41(39(46)42(47)50-40)49-38(45)34-32-30-28-26-24-22-20-18-16-14-12-10-8-6-4-2/h36,40,43,46H,3-35H2,1-2H3/t36-,40+/m0/s1. The maximum Gasteiger partial charge on any atom is 0.378 e. The number of rotatable bonds is 36. The number of esters is 3. The van der Waals surface area contributed by atoms with E-state index in [0.29, 0.717) is 12.8 Å². The van der Waals surface area contributed by atoms with Crippen LogP contribution in [0.1, 0.15) is 219 Å². The van der Waals surface area contributed by atoms with Gasteiger partial charge in [0.05, 0.1) is 6.61 Å². The highest BCUT2D eigenvalue weighted by Crippen LogP contribution is 2.27. The molecule has 0 radical (unpaired) electrons. The van der Waals surface area contributed by atoms with Gasteiger partial charge in [0.1, 0.15) is 0 Å². The van der Waals surface area contributed by atoms with Crippen molar-refractivity contribution in [3.63, 3.8) is 0 Å². The van der Waals surface area contributed by atoms with Gasteiger partial charge in [-0.25, -0.2) is 4.79 Å². The highest BCUT2D eigenvalue weighted by atomic mass is 16.6. The molecule has 0 saturated carbocycles. The van der Waals surface area contributed by atoms with Crippen LogP contribution in [0.15, 0.2) is 11.5 Å². The Morgan fingerprint density at radius 3 is 1.22 bits per heavy atom. The van der Waals surface area contributed by atoms with E-state index < -0.39 is 42.5 Å². The Hall–Kier alpha value is -2.09. The first-order valence-corrected chi connectivity index (χ1v) is 21.1. The molecule has 0 aliphatic carbocycles. The summed E-state index contributed by atoms with van der Waals surface area (Å²) in [5.41, 5.74) is 0. The Labute approximate surface area is 305 Å². The van der Waals surface area contributed by atoms with Crippen molar-refractivity contribution in [2.75, 3.05) is 6.61 Å². The van der Waals surface area contributed by atoms with Gasteiger partial charge in [0, 0.05) is 12.8 Å². The monoisotopic (exact) mass is 709 g/mol. The summed E-state index contributed by atoms with van der Waals surface area (Å²) in [6, 6.07) is 0. The second-order valence-corrected chi connectivity index (χ2v) is 14.6. The van der Waals surface area contributed by atoms with E-state index in [1.165, 1.54) is 141 Å². The summed E-state index contributed by atoms with van der Waals surface area (Å²) in [6.07, 6.45) is 34.5. The van der Waals surface area contributed by atoms with Gasteiger partial charge in [0.25, 0.3) is 0 Å². The highest BCUT2D eigenvalue weighted by Gasteiger charge is 2.44. The van der Waals surface area contributed by atoms with Crippen molar-refractivity contribution in [1.29, 1.82) is 0 Å². The number of hydrogen-bond acceptors (Lipinski definition) is 8. The van der Waals surface area contributed by atoms with Gasteiger partial charge in [-0.05, 0) is 12.8 Å². The minimum Gasteiger partial charge on any atom is -0.499 e. The van der Waals surface area contributed by atoms with Crippen molar-refractivity contribution in [3.05, 3.63) is 11.5 Å². The maximum absolute atomic E-state index is 12.5. The van der Waals surface area contributed by atoms with Crippen LogP contribution in [0, 0.1) is 0 Å². The van der Waals surface area contributed by atoms with Gasteiger partial charge in [0.2, 0.25) is 17.6 Å². The van der Waals surface area contributed by atoms with Crippen molar-refractivity contribution in [2.24, 2.45) is 0 Å². The minimum absolute atomic E-state index is 0.138. The molecule has 0 aromatic rings. The smallest absolute Gasteiger partial charge is 0.378 e. The van der Waals surface area contributed by atoms with E-state index >= 15 is 0 Å². The molecule has 0 aromatic heterocycles. The Morgan fingerprint density at radius 2 is 0.880 bits per heavy atom. The van der Waals surface area contributed by atoms with Crippen LogP contribution in [0.25, 0.3) is 0 Å². The Balaban J connectivity index is 2.15. The van der Waals surface area contributed by atoms with Gasteiger partial charge in [-0.1, -0.05) is 194 Å². The van der Waals surface area contributed by atoms with Gasteiger partial charge in [-0.3, -0.25) is 9.59 Å². The fourth-order valence-corrected chi connectivity index (χ4v) is 6.69. The zero-order chi connectivity index (χ0) is 36.5. The summed E-state index contributed by atoms with van der Waals surface area (Å²) in [6.45, 7) is 3.86. The molecule has 1 aliphatic heterocycles. The van der Waals surface area contributed by atoms with Crippen LogP contribution < -0.4 is 0 Å². The molecule has 2 N–H and O–H groups in total. The van der Waals surface area contributed by atoms with Crippen molar-refractivity contribution < 1.29 is 38.8 Å². The number of aliphatic hydroxyl groups excluding tert-OH is 2. The van der Waals surface area contributed by atoms with Crippen LogP contribution in [0.2, 0.25) is 0 Å². The molecule has 0 aromatic carbocycles. The number of carbonyl (C=O) groups excluding carboxylic acids is 3.